The fourth-order valence-corrected chi connectivity index (χ4v) is 3.99. The highest BCUT2D eigenvalue weighted by atomic mass is 35.5. The Bertz CT molecular complexity index is 1050. The van der Waals surface area contributed by atoms with Gasteiger partial charge in [0.25, 0.3) is 5.91 Å². The molecular weight excluding hydrogens is 354 g/mol. The number of hydrogen-bond donors (Lipinski definition) is 1. The van der Waals surface area contributed by atoms with Crippen molar-refractivity contribution < 1.29 is 9.59 Å². The van der Waals surface area contributed by atoms with Gasteiger partial charge in [-0.3, -0.25) is 14.5 Å². The number of benzene rings is 1. The Balaban J connectivity index is 1.47. The number of halogens is 1. The quantitative estimate of drug-likeness (QED) is 0.706. The molecule has 8 heteroatoms. The van der Waals surface area contributed by atoms with Gasteiger partial charge in [-0.25, -0.2) is 9.69 Å². The van der Waals surface area contributed by atoms with Crippen molar-refractivity contribution in [1.82, 2.24) is 20.1 Å². The zero-order valence-corrected chi connectivity index (χ0v) is 14.3. The number of hydrogen-bond acceptors (Lipinski definition) is 4. The molecule has 26 heavy (non-hydrogen) atoms. The van der Waals surface area contributed by atoms with E-state index in [2.05, 4.69) is 15.4 Å². The Morgan fingerprint density at radius 3 is 2.73 bits per heavy atom. The minimum atomic E-state index is -0.878. The molecule has 1 aliphatic carbocycles. The number of nitrogens with one attached hydrogen (secondary N) is 1. The minimum absolute atomic E-state index is 0.0392. The van der Waals surface area contributed by atoms with Crippen LogP contribution < -0.4 is 10.2 Å². The molecule has 1 N–H and O–H groups in total. The van der Waals surface area contributed by atoms with Gasteiger partial charge in [-0.05, 0) is 6.07 Å². The van der Waals surface area contributed by atoms with Crippen LogP contribution in [0.4, 0.5) is 10.5 Å². The van der Waals surface area contributed by atoms with Crippen LogP contribution >= 0.6 is 11.6 Å². The minimum Gasteiger partial charge on any atom is -0.323 e. The number of aromatic nitrogens is 3. The van der Waals surface area contributed by atoms with Crippen LogP contribution in [0.5, 0.6) is 0 Å². The summed E-state index contributed by atoms with van der Waals surface area (Å²) < 4.78 is 1.75. The van der Waals surface area contributed by atoms with E-state index in [1.54, 1.807) is 29.3 Å². The largest absolute Gasteiger partial charge is 0.329 e. The standard InChI is InChI=1S/C18H14ClN5O2/c19-15-5-6-23(22-15)12-7-18(8-12)16(25)24(17(26)21-18)14-10-20-9-11-3-1-2-4-13(11)14/h1-6,9-10,12H,7-8H2,(H,21,26). The topological polar surface area (TPSA) is 80.1 Å². The van der Waals surface area contributed by atoms with Crippen molar-refractivity contribution in [3.63, 3.8) is 0 Å². The smallest absolute Gasteiger partial charge is 0.323 e. The molecule has 5 rings (SSSR count). The van der Waals surface area contributed by atoms with Crippen LogP contribution in [0.15, 0.2) is 48.9 Å². The molecule has 1 saturated carbocycles. The fourth-order valence-electron chi connectivity index (χ4n) is 3.84. The van der Waals surface area contributed by atoms with Crippen molar-refractivity contribution in [2.45, 2.75) is 24.4 Å². The molecule has 1 saturated heterocycles. The number of fused-ring (bicyclic) bond motifs is 1. The number of imide groups is 1. The molecule has 130 valence electrons. The zero-order valence-electron chi connectivity index (χ0n) is 13.6. The molecule has 0 unspecified atom stereocenters. The maximum absolute atomic E-state index is 13.1. The first-order valence-electron chi connectivity index (χ1n) is 8.27. The molecule has 0 radical (unpaired) electrons. The SMILES string of the molecule is O=C1NC2(CC(n3ccc(Cl)n3)C2)C(=O)N1c1cncc2ccccc12. The molecule has 0 bridgehead atoms. The molecule has 2 fully saturated rings. The molecule has 0 atom stereocenters. The summed E-state index contributed by atoms with van der Waals surface area (Å²) in [4.78, 5) is 31.1. The lowest BCUT2D eigenvalue weighted by atomic mass is 9.72. The summed E-state index contributed by atoms with van der Waals surface area (Å²) in [5, 5.41) is 9.17. The Hall–Kier alpha value is -2.93. The van der Waals surface area contributed by atoms with E-state index in [1.165, 1.54) is 4.90 Å². The van der Waals surface area contributed by atoms with Crippen molar-refractivity contribution in [3.05, 3.63) is 54.1 Å². The maximum atomic E-state index is 13.1. The van der Waals surface area contributed by atoms with Crippen LogP contribution in [0.2, 0.25) is 5.15 Å². The lowest BCUT2D eigenvalue weighted by Crippen LogP contribution is -2.57. The van der Waals surface area contributed by atoms with E-state index in [0.717, 1.165) is 10.8 Å². The highest BCUT2D eigenvalue weighted by Crippen LogP contribution is 2.46. The summed E-state index contributed by atoms with van der Waals surface area (Å²) in [6, 6.07) is 8.89. The number of urea groups is 1. The third kappa shape index (κ3) is 2.07. The Morgan fingerprint density at radius 1 is 1.15 bits per heavy atom. The second-order valence-corrected chi connectivity index (χ2v) is 7.10. The number of carbonyl (C=O) groups is 2. The van der Waals surface area contributed by atoms with Crippen LogP contribution in [0.25, 0.3) is 10.8 Å². The molecule has 3 heterocycles. The second-order valence-electron chi connectivity index (χ2n) is 6.71. The molecule has 2 aromatic heterocycles. The van der Waals surface area contributed by atoms with Gasteiger partial charge in [0.2, 0.25) is 0 Å². The normalized spacial score (nSPS) is 25.0. The summed E-state index contributed by atoms with van der Waals surface area (Å²) in [5.74, 6) is -0.241. The number of rotatable bonds is 2. The summed E-state index contributed by atoms with van der Waals surface area (Å²) in [6.07, 6.45) is 6.04. The van der Waals surface area contributed by atoms with Gasteiger partial charge in [0.1, 0.15) is 5.54 Å². The van der Waals surface area contributed by atoms with Crippen molar-refractivity contribution in [2.75, 3.05) is 4.90 Å². The van der Waals surface area contributed by atoms with Gasteiger partial charge in [0, 0.05) is 36.0 Å². The molecule has 7 nitrogen and oxygen atoms in total. The van der Waals surface area contributed by atoms with E-state index in [0.29, 0.717) is 23.7 Å². The van der Waals surface area contributed by atoms with Gasteiger partial charge >= 0.3 is 6.03 Å². The average molecular weight is 368 g/mol. The lowest BCUT2D eigenvalue weighted by molar-refractivity contribution is -0.126. The van der Waals surface area contributed by atoms with Gasteiger partial charge in [0.15, 0.2) is 5.15 Å². The number of pyridine rings is 1. The third-order valence-corrected chi connectivity index (χ3v) is 5.37. The van der Waals surface area contributed by atoms with Gasteiger partial charge in [0.05, 0.1) is 17.9 Å². The van der Waals surface area contributed by atoms with Crippen molar-refractivity contribution in [1.29, 1.82) is 0 Å². The predicted molar refractivity (Wildman–Crippen MR) is 96.0 cm³/mol. The number of amides is 3. The van der Waals surface area contributed by atoms with E-state index in [9.17, 15) is 9.59 Å². The van der Waals surface area contributed by atoms with Crippen LogP contribution in [-0.4, -0.2) is 32.2 Å². The highest BCUT2D eigenvalue weighted by Gasteiger charge is 2.60. The van der Waals surface area contributed by atoms with Crippen LogP contribution in [0, 0.1) is 0 Å². The summed E-state index contributed by atoms with van der Waals surface area (Å²) in [6.45, 7) is 0. The monoisotopic (exact) mass is 367 g/mol. The number of anilines is 1. The van der Waals surface area contributed by atoms with Gasteiger partial charge in [-0.15, -0.1) is 0 Å². The molecule has 3 aromatic rings. The van der Waals surface area contributed by atoms with Crippen molar-refractivity contribution in [2.24, 2.45) is 0 Å². The molecule has 1 aromatic carbocycles. The van der Waals surface area contributed by atoms with Crippen LogP contribution in [0.3, 0.4) is 0 Å². The predicted octanol–water partition coefficient (Wildman–Crippen LogP) is 2.91. The van der Waals surface area contributed by atoms with Crippen LogP contribution in [0.1, 0.15) is 18.9 Å². The second kappa shape index (κ2) is 5.28. The highest BCUT2D eigenvalue weighted by molar-refractivity contribution is 6.29. The van der Waals surface area contributed by atoms with E-state index in [-0.39, 0.29) is 11.9 Å². The molecule has 1 spiro atoms. The number of carbonyl (C=O) groups excluding carboxylic acids is 2. The van der Waals surface area contributed by atoms with Gasteiger partial charge in [-0.2, -0.15) is 5.10 Å². The first kappa shape index (κ1) is 15.3. The summed E-state index contributed by atoms with van der Waals surface area (Å²) >= 11 is 5.86. The number of nitrogens with zero attached hydrogens (tertiary/aromatic N) is 4. The Labute approximate surface area is 153 Å². The molecule has 2 aliphatic rings. The zero-order chi connectivity index (χ0) is 17.9. The Morgan fingerprint density at radius 2 is 1.96 bits per heavy atom. The van der Waals surface area contributed by atoms with E-state index in [4.69, 9.17) is 11.6 Å². The third-order valence-electron chi connectivity index (χ3n) is 5.17. The Kier molecular flexibility index (Phi) is 3.12. The average Bonchev–Trinajstić information content (AvgIpc) is 3.14. The summed E-state index contributed by atoms with van der Waals surface area (Å²) in [5.41, 5.74) is -0.370. The summed E-state index contributed by atoms with van der Waals surface area (Å²) in [7, 11) is 0. The fraction of sp³-hybridized carbons (Fsp3) is 0.222. The van der Waals surface area contributed by atoms with Crippen LogP contribution in [-0.2, 0) is 4.79 Å². The van der Waals surface area contributed by atoms with Crippen molar-refractivity contribution in [3.8, 4) is 0 Å². The van der Waals surface area contributed by atoms with E-state index >= 15 is 0 Å². The first-order valence-corrected chi connectivity index (χ1v) is 8.65. The maximum Gasteiger partial charge on any atom is 0.329 e. The molecule has 1 aliphatic heterocycles. The van der Waals surface area contributed by atoms with E-state index < -0.39 is 11.6 Å². The first-order chi connectivity index (χ1) is 12.6. The molecular formula is C18H14ClN5O2. The van der Waals surface area contributed by atoms with Crippen molar-refractivity contribution >= 4 is 40.0 Å². The molecule has 3 amide bonds. The van der Waals surface area contributed by atoms with Gasteiger partial charge in [-0.1, -0.05) is 35.9 Å². The van der Waals surface area contributed by atoms with Gasteiger partial charge < -0.3 is 5.32 Å². The van der Waals surface area contributed by atoms with E-state index in [1.807, 2.05) is 24.3 Å². The lowest BCUT2D eigenvalue weighted by Gasteiger charge is -2.42.